The fraction of sp³-hybridized carbons (Fsp3) is 0.917. The Morgan fingerprint density at radius 1 is 1.59 bits per heavy atom. The first-order chi connectivity index (χ1) is 8.12. The second kappa shape index (κ2) is 6.93. The molecule has 0 saturated carbocycles. The van der Waals surface area contributed by atoms with Gasteiger partial charge in [0.25, 0.3) is 0 Å². The standard InChI is InChI=1S/C12H23NO4/c1-4-16-11(14)12(2,13-3)9-15-8-10-6-5-7-17-10/h10,13H,4-9H2,1-3H3. The van der Waals surface area contributed by atoms with Crippen LogP contribution in [-0.4, -0.2) is 51.1 Å². The summed E-state index contributed by atoms with van der Waals surface area (Å²) in [6.45, 7) is 5.59. The number of hydrogen-bond acceptors (Lipinski definition) is 5. The first-order valence-corrected chi connectivity index (χ1v) is 6.18. The smallest absolute Gasteiger partial charge is 0.328 e. The molecule has 0 spiro atoms. The summed E-state index contributed by atoms with van der Waals surface area (Å²) in [5, 5.41) is 2.95. The van der Waals surface area contributed by atoms with E-state index in [9.17, 15) is 4.79 Å². The predicted molar refractivity (Wildman–Crippen MR) is 63.9 cm³/mol. The predicted octanol–water partition coefficient (Wildman–Crippen LogP) is 0.723. The maximum absolute atomic E-state index is 11.7. The normalized spacial score (nSPS) is 23.4. The number of rotatable bonds is 7. The number of ether oxygens (including phenoxy) is 3. The van der Waals surface area contributed by atoms with Crippen LogP contribution in [0.25, 0.3) is 0 Å². The molecular formula is C12H23NO4. The SMILES string of the molecule is CCOC(=O)C(C)(COCC1CCCO1)NC. The topological polar surface area (TPSA) is 56.8 Å². The Kier molecular flexibility index (Phi) is 5.88. The van der Waals surface area contributed by atoms with Gasteiger partial charge in [0.15, 0.2) is 0 Å². The van der Waals surface area contributed by atoms with Crippen molar-refractivity contribution in [1.29, 1.82) is 0 Å². The highest BCUT2D eigenvalue weighted by Crippen LogP contribution is 2.13. The zero-order valence-electron chi connectivity index (χ0n) is 11.0. The number of nitrogens with one attached hydrogen (secondary N) is 1. The minimum absolute atomic E-state index is 0.179. The Morgan fingerprint density at radius 3 is 2.88 bits per heavy atom. The van der Waals surface area contributed by atoms with Crippen molar-refractivity contribution in [1.82, 2.24) is 5.32 Å². The van der Waals surface area contributed by atoms with Gasteiger partial charge < -0.3 is 19.5 Å². The maximum Gasteiger partial charge on any atom is 0.328 e. The Bertz CT molecular complexity index is 241. The number of hydrogen-bond donors (Lipinski definition) is 1. The molecule has 1 heterocycles. The van der Waals surface area contributed by atoms with Crippen molar-refractivity contribution >= 4 is 5.97 Å². The Hall–Kier alpha value is -0.650. The zero-order chi connectivity index (χ0) is 12.7. The average molecular weight is 245 g/mol. The first-order valence-electron chi connectivity index (χ1n) is 6.18. The van der Waals surface area contributed by atoms with Crippen LogP contribution in [0.1, 0.15) is 26.7 Å². The van der Waals surface area contributed by atoms with Gasteiger partial charge in [0.2, 0.25) is 0 Å². The van der Waals surface area contributed by atoms with E-state index in [1.165, 1.54) is 0 Å². The summed E-state index contributed by atoms with van der Waals surface area (Å²) in [5.41, 5.74) is -0.783. The Morgan fingerprint density at radius 2 is 2.35 bits per heavy atom. The van der Waals surface area contributed by atoms with Crippen LogP contribution in [0.2, 0.25) is 0 Å². The van der Waals surface area contributed by atoms with Gasteiger partial charge in [0.1, 0.15) is 5.54 Å². The number of carbonyl (C=O) groups excluding carboxylic acids is 1. The molecule has 0 aromatic rings. The lowest BCUT2D eigenvalue weighted by atomic mass is 10.1. The highest BCUT2D eigenvalue weighted by atomic mass is 16.5. The molecule has 100 valence electrons. The molecule has 0 bridgehead atoms. The Balaban J connectivity index is 2.31. The van der Waals surface area contributed by atoms with E-state index < -0.39 is 5.54 Å². The lowest BCUT2D eigenvalue weighted by Gasteiger charge is -2.26. The molecule has 1 N–H and O–H groups in total. The van der Waals surface area contributed by atoms with Gasteiger partial charge in [-0.1, -0.05) is 0 Å². The summed E-state index contributed by atoms with van der Waals surface area (Å²) in [4.78, 5) is 11.7. The van der Waals surface area contributed by atoms with Gasteiger partial charge in [-0.3, -0.25) is 0 Å². The molecule has 1 aliphatic heterocycles. The lowest BCUT2D eigenvalue weighted by Crippen LogP contribution is -2.52. The van der Waals surface area contributed by atoms with E-state index >= 15 is 0 Å². The van der Waals surface area contributed by atoms with Crippen molar-refractivity contribution in [3.05, 3.63) is 0 Å². The molecule has 1 aliphatic rings. The molecule has 0 aromatic heterocycles. The summed E-state index contributed by atoms with van der Waals surface area (Å²) in [6, 6.07) is 0. The molecule has 0 amide bonds. The van der Waals surface area contributed by atoms with Crippen LogP contribution < -0.4 is 5.32 Å². The largest absolute Gasteiger partial charge is 0.465 e. The summed E-state index contributed by atoms with van der Waals surface area (Å²) >= 11 is 0. The van der Waals surface area contributed by atoms with Gasteiger partial charge >= 0.3 is 5.97 Å². The van der Waals surface area contributed by atoms with E-state index in [1.807, 2.05) is 0 Å². The van der Waals surface area contributed by atoms with E-state index in [-0.39, 0.29) is 12.1 Å². The van der Waals surface area contributed by atoms with Gasteiger partial charge in [-0.25, -0.2) is 4.79 Å². The van der Waals surface area contributed by atoms with Crippen molar-refractivity contribution in [2.45, 2.75) is 38.3 Å². The number of likely N-dealkylation sites (N-methyl/N-ethyl adjacent to an activating group) is 1. The second-order valence-electron chi connectivity index (χ2n) is 4.45. The van der Waals surface area contributed by atoms with Gasteiger partial charge in [0.05, 0.1) is 25.9 Å². The third kappa shape index (κ3) is 4.26. The maximum atomic E-state index is 11.7. The van der Waals surface area contributed by atoms with Crippen molar-refractivity contribution in [2.24, 2.45) is 0 Å². The summed E-state index contributed by atoms with van der Waals surface area (Å²) in [7, 11) is 1.73. The molecule has 5 nitrogen and oxygen atoms in total. The van der Waals surface area contributed by atoms with Crippen LogP contribution in [0.3, 0.4) is 0 Å². The van der Waals surface area contributed by atoms with Gasteiger partial charge in [-0.2, -0.15) is 0 Å². The van der Waals surface area contributed by atoms with E-state index in [4.69, 9.17) is 14.2 Å². The van der Waals surface area contributed by atoms with E-state index in [0.717, 1.165) is 19.4 Å². The highest BCUT2D eigenvalue weighted by molar-refractivity contribution is 5.80. The average Bonchev–Trinajstić information content (AvgIpc) is 2.82. The minimum atomic E-state index is -0.783. The molecule has 1 saturated heterocycles. The van der Waals surface area contributed by atoms with Gasteiger partial charge in [-0.05, 0) is 33.7 Å². The molecule has 2 unspecified atom stereocenters. The van der Waals surface area contributed by atoms with Crippen LogP contribution in [0.5, 0.6) is 0 Å². The third-order valence-corrected chi connectivity index (χ3v) is 3.00. The van der Waals surface area contributed by atoms with Crippen LogP contribution in [-0.2, 0) is 19.0 Å². The lowest BCUT2D eigenvalue weighted by molar-refractivity contribution is -0.153. The number of esters is 1. The van der Waals surface area contributed by atoms with Crippen molar-refractivity contribution < 1.29 is 19.0 Å². The third-order valence-electron chi connectivity index (χ3n) is 3.00. The van der Waals surface area contributed by atoms with Gasteiger partial charge in [-0.15, -0.1) is 0 Å². The van der Waals surface area contributed by atoms with Crippen LogP contribution in [0.15, 0.2) is 0 Å². The molecule has 5 heteroatoms. The quantitative estimate of drug-likeness (QED) is 0.670. The fourth-order valence-corrected chi connectivity index (χ4v) is 1.69. The molecular weight excluding hydrogens is 222 g/mol. The van der Waals surface area contributed by atoms with Crippen LogP contribution in [0.4, 0.5) is 0 Å². The van der Waals surface area contributed by atoms with Crippen LogP contribution in [0, 0.1) is 0 Å². The zero-order valence-corrected chi connectivity index (χ0v) is 11.0. The molecule has 1 fully saturated rings. The fourth-order valence-electron chi connectivity index (χ4n) is 1.69. The number of carbonyl (C=O) groups is 1. The highest BCUT2D eigenvalue weighted by Gasteiger charge is 2.33. The molecule has 2 atom stereocenters. The summed E-state index contributed by atoms with van der Waals surface area (Å²) in [6.07, 6.45) is 2.31. The summed E-state index contributed by atoms with van der Waals surface area (Å²) in [5.74, 6) is -0.283. The molecule has 0 aromatic carbocycles. The van der Waals surface area contributed by atoms with E-state index in [1.54, 1.807) is 20.9 Å². The first kappa shape index (κ1) is 14.4. The van der Waals surface area contributed by atoms with Crippen molar-refractivity contribution in [3.63, 3.8) is 0 Å². The molecule has 17 heavy (non-hydrogen) atoms. The minimum Gasteiger partial charge on any atom is -0.465 e. The van der Waals surface area contributed by atoms with Gasteiger partial charge in [0, 0.05) is 6.61 Å². The monoisotopic (exact) mass is 245 g/mol. The van der Waals surface area contributed by atoms with Crippen molar-refractivity contribution in [2.75, 3.05) is 33.5 Å². The molecule has 1 rings (SSSR count). The van der Waals surface area contributed by atoms with Crippen LogP contribution >= 0.6 is 0 Å². The van der Waals surface area contributed by atoms with E-state index in [2.05, 4.69) is 5.32 Å². The molecule has 0 aliphatic carbocycles. The van der Waals surface area contributed by atoms with Crippen molar-refractivity contribution in [3.8, 4) is 0 Å². The second-order valence-corrected chi connectivity index (χ2v) is 4.45. The molecule has 0 radical (unpaired) electrons. The Labute approximate surface area is 103 Å². The van der Waals surface area contributed by atoms with E-state index in [0.29, 0.717) is 19.8 Å². The summed E-state index contributed by atoms with van der Waals surface area (Å²) < 4.78 is 16.0.